The first kappa shape index (κ1) is 11.9. The van der Waals surface area contributed by atoms with Crippen molar-refractivity contribution < 1.29 is 0 Å². The van der Waals surface area contributed by atoms with Gasteiger partial charge in [-0.3, -0.25) is 4.90 Å². The van der Waals surface area contributed by atoms with Crippen LogP contribution < -0.4 is 10.6 Å². The van der Waals surface area contributed by atoms with Crippen LogP contribution in [-0.2, 0) is 0 Å². The van der Waals surface area contributed by atoms with Crippen molar-refractivity contribution in [2.75, 3.05) is 11.9 Å². The zero-order valence-corrected chi connectivity index (χ0v) is 10.6. The van der Waals surface area contributed by atoms with E-state index >= 15 is 0 Å². The van der Waals surface area contributed by atoms with E-state index in [1.165, 1.54) is 4.90 Å². The molecule has 0 aliphatic carbocycles. The molecule has 0 fully saturated rings. The predicted octanol–water partition coefficient (Wildman–Crippen LogP) is 1.23. The first-order valence-electron chi connectivity index (χ1n) is 5.85. The highest BCUT2D eigenvalue weighted by Crippen LogP contribution is 2.21. The predicted molar refractivity (Wildman–Crippen MR) is 74.0 cm³/mol. The molecule has 0 unspecified atom stereocenters. The Kier molecular flexibility index (Phi) is 2.69. The van der Waals surface area contributed by atoms with Gasteiger partial charge in [0.05, 0.1) is 11.0 Å². The number of benzene rings is 1. The standard InChI is InChI=1S/C13H10N6O/c1-19(7-14)12-15-5-9(6-16-12)8-2-3-10-11(4-8)18-13(20)17-10/h2-6H,1H3,(H2,17,18,20). The molecular weight excluding hydrogens is 256 g/mol. The minimum absolute atomic E-state index is 0.237. The average molecular weight is 266 g/mol. The summed E-state index contributed by atoms with van der Waals surface area (Å²) in [7, 11) is 1.59. The minimum Gasteiger partial charge on any atom is -0.306 e. The lowest BCUT2D eigenvalue weighted by atomic mass is 10.1. The maximum Gasteiger partial charge on any atom is 0.323 e. The van der Waals surface area contributed by atoms with Crippen molar-refractivity contribution in [3.05, 3.63) is 41.1 Å². The molecule has 0 radical (unpaired) electrons. The van der Waals surface area contributed by atoms with Gasteiger partial charge in [0, 0.05) is 25.0 Å². The largest absolute Gasteiger partial charge is 0.323 e. The van der Waals surface area contributed by atoms with Crippen LogP contribution in [0.3, 0.4) is 0 Å². The second-order valence-corrected chi connectivity index (χ2v) is 4.27. The summed E-state index contributed by atoms with van der Waals surface area (Å²) in [5, 5.41) is 8.75. The van der Waals surface area contributed by atoms with Crippen LogP contribution in [0.15, 0.2) is 35.4 Å². The summed E-state index contributed by atoms with van der Waals surface area (Å²) >= 11 is 0. The number of imidazole rings is 1. The number of aromatic nitrogens is 4. The summed E-state index contributed by atoms with van der Waals surface area (Å²) in [5.74, 6) is 0.340. The summed E-state index contributed by atoms with van der Waals surface area (Å²) in [6.07, 6.45) is 5.21. The summed E-state index contributed by atoms with van der Waals surface area (Å²) in [6.45, 7) is 0. The number of nitriles is 1. The summed E-state index contributed by atoms with van der Waals surface area (Å²) in [5.41, 5.74) is 2.94. The zero-order chi connectivity index (χ0) is 14.1. The number of anilines is 1. The van der Waals surface area contributed by atoms with Crippen LogP contribution in [0.5, 0.6) is 0 Å². The van der Waals surface area contributed by atoms with Crippen LogP contribution >= 0.6 is 0 Å². The summed E-state index contributed by atoms with van der Waals surface area (Å²) in [4.78, 5) is 26.1. The third-order valence-corrected chi connectivity index (χ3v) is 2.94. The molecule has 0 atom stereocenters. The third-order valence-electron chi connectivity index (χ3n) is 2.94. The normalized spacial score (nSPS) is 10.4. The highest BCUT2D eigenvalue weighted by Gasteiger charge is 2.06. The van der Waals surface area contributed by atoms with E-state index in [0.717, 1.165) is 22.2 Å². The van der Waals surface area contributed by atoms with Gasteiger partial charge in [-0.2, -0.15) is 5.26 Å². The van der Waals surface area contributed by atoms with Gasteiger partial charge in [0.1, 0.15) is 0 Å². The van der Waals surface area contributed by atoms with E-state index in [1.54, 1.807) is 19.4 Å². The molecule has 20 heavy (non-hydrogen) atoms. The zero-order valence-electron chi connectivity index (χ0n) is 10.6. The number of rotatable bonds is 2. The van der Waals surface area contributed by atoms with Crippen LogP contribution in [0, 0.1) is 11.5 Å². The number of fused-ring (bicyclic) bond motifs is 1. The Hall–Kier alpha value is -3.14. The van der Waals surface area contributed by atoms with E-state index in [9.17, 15) is 4.79 Å². The van der Waals surface area contributed by atoms with Gasteiger partial charge in [0.25, 0.3) is 0 Å². The van der Waals surface area contributed by atoms with Gasteiger partial charge >= 0.3 is 5.69 Å². The van der Waals surface area contributed by atoms with E-state index in [4.69, 9.17) is 5.26 Å². The molecule has 3 aromatic rings. The molecule has 7 nitrogen and oxygen atoms in total. The SMILES string of the molecule is CN(C#N)c1ncc(-c2ccc3[nH]c(=O)[nH]c3c2)cn1. The van der Waals surface area contributed by atoms with Crippen molar-refractivity contribution in [2.45, 2.75) is 0 Å². The Morgan fingerprint density at radius 2 is 1.85 bits per heavy atom. The van der Waals surface area contributed by atoms with Crippen molar-refractivity contribution in [2.24, 2.45) is 0 Å². The molecule has 0 saturated heterocycles. The second-order valence-electron chi connectivity index (χ2n) is 4.27. The van der Waals surface area contributed by atoms with Gasteiger partial charge in [-0.15, -0.1) is 0 Å². The highest BCUT2D eigenvalue weighted by atomic mass is 16.1. The Morgan fingerprint density at radius 3 is 2.55 bits per heavy atom. The van der Waals surface area contributed by atoms with Gasteiger partial charge < -0.3 is 9.97 Å². The van der Waals surface area contributed by atoms with Crippen molar-refractivity contribution in [3.63, 3.8) is 0 Å². The van der Waals surface area contributed by atoms with Crippen LogP contribution in [0.4, 0.5) is 5.95 Å². The summed E-state index contributed by atoms with van der Waals surface area (Å²) in [6, 6.07) is 5.54. The first-order valence-corrected chi connectivity index (χ1v) is 5.85. The Labute approximate surface area is 113 Å². The first-order chi connectivity index (χ1) is 9.67. The maximum atomic E-state index is 11.2. The molecule has 98 valence electrons. The quantitative estimate of drug-likeness (QED) is 0.536. The van der Waals surface area contributed by atoms with E-state index in [2.05, 4.69) is 19.9 Å². The van der Waals surface area contributed by atoms with Gasteiger partial charge in [-0.1, -0.05) is 6.07 Å². The number of nitrogens with zero attached hydrogens (tertiary/aromatic N) is 4. The van der Waals surface area contributed by atoms with E-state index in [-0.39, 0.29) is 5.69 Å². The molecule has 0 saturated carbocycles. The number of H-pyrrole nitrogens is 2. The van der Waals surface area contributed by atoms with Gasteiger partial charge in [-0.05, 0) is 17.7 Å². The van der Waals surface area contributed by atoms with Crippen LogP contribution in [0.25, 0.3) is 22.2 Å². The molecule has 2 heterocycles. The summed E-state index contributed by atoms with van der Waals surface area (Å²) < 4.78 is 0. The smallest absolute Gasteiger partial charge is 0.306 e. The number of aromatic amines is 2. The fourth-order valence-corrected chi connectivity index (χ4v) is 1.90. The van der Waals surface area contributed by atoms with E-state index < -0.39 is 0 Å². The molecule has 0 bridgehead atoms. The molecule has 1 aromatic carbocycles. The molecule has 0 aliphatic heterocycles. The monoisotopic (exact) mass is 266 g/mol. The van der Waals surface area contributed by atoms with Gasteiger partial charge in [-0.25, -0.2) is 14.8 Å². The molecule has 0 spiro atoms. The lowest BCUT2D eigenvalue weighted by molar-refractivity contribution is 1.05. The molecule has 2 aromatic heterocycles. The second kappa shape index (κ2) is 4.51. The molecule has 2 N–H and O–H groups in total. The third kappa shape index (κ3) is 1.99. The van der Waals surface area contributed by atoms with Gasteiger partial charge in [0.15, 0.2) is 6.19 Å². The highest BCUT2D eigenvalue weighted by molar-refractivity contribution is 5.81. The Balaban J connectivity index is 2.02. The van der Waals surface area contributed by atoms with Crippen LogP contribution in [0.2, 0.25) is 0 Å². The lowest BCUT2D eigenvalue weighted by Crippen LogP contribution is -2.11. The van der Waals surface area contributed by atoms with Crippen LogP contribution in [0.1, 0.15) is 0 Å². The minimum atomic E-state index is -0.237. The van der Waals surface area contributed by atoms with Crippen molar-refractivity contribution in [3.8, 4) is 17.3 Å². The fourth-order valence-electron chi connectivity index (χ4n) is 1.90. The Morgan fingerprint density at radius 1 is 1.15 bits per heavy atom. The molecule has 7 heteroatoms. The van der Waals surface area contributed by atoms with Crippen molar-refractivity contribution >= 4 is 17.0 Å². The maximum absolute atomic E-state index is 11.2. The Bertz CT molecular complexity index is 855. The molecule has 0 aliphatic rings. The van der Waals surface area contributed by atoms with E-state index in [0.29, 0.717) is 5.95 Å². The number of hydrogen-bond acceptors (Lipinski definition) is 5. The van der Waals surface area contributed by atoms with Crippen LogP contribution in [-0.4, -0.2) is 27.0 Å². The van der Waals surface area contributed by atoms with Gasteiger partial charge in [0.2, 0.25) is 5.95 Å². The fraction of sp³-hybridized carbons (Fsp3) is 0.0769. The van der Waals surface area contributed by atoms with E-state index in [1.807, 2.05) is 24.4 Å². The van der Waals surface area contributed by atoms with Crippen molar-refractivity contribution in [1.29, 1.82) is 5.26 Å². The molecule has 3 rings (SSSR count). The topological polar surface area (TPSA) is 101 Å². The van der Waals surface area contributed by atoms with Crippen molar-refractivity contribution in [1.82, 2.24) is 19.9 Å². The lowest BCUT2D eigenvalue weighted by Gasteiger charge is -2.07. The molecule has 0 amide bonds. The average Bonchev–Trinajstić information content (AvgIpc) is 2.85. The molecular formula is C13H10N6O. The number of hydrogen-bond donors (Lipinski definition) is 2. The number of nitrogens with one attached hydrogen (secondary N) is 2.